The predicted molar refractivity (Wildman–Crippen MR) is 68.6 cm³/mol. The van der Waals surface area contributed by atoms with Crippen molar-refractivity contribution in [1.29, 1.82) is 0 Å². The van der Waals surface area contributed by atoms with E-state index in [2.05, 4.69) is 4.74 Å². The van der Waals surface area contributed by atoms with Crippen molar-refractivity contribution in [2.24, 2.45) is 0 Å². The third kappa shape index (κ3) is 2.56. The molecule has 0 unspecified atom stereocenters. The van der Waals surface area contributed by atoms with Crippen LogP contribution in [0.4, 0.5) is 19.3 Å². The highest BCUT2D eigenvalue weighted by Crippen LogP contribution is 2.44. The van der Waals surface area contributed by atoms with E-state index in [1.807, 2.05) is 5.32 Å². The molecule has 2 aliphatic rings. The smallest absolute Gasteiger partial charge is 0.408 e. The van der Waals surface area contributed by atoms with Crippen LogP contribution in [0.1, 0.15) is 11.6 Å². The molecule has 8 nitrogen and oxygen atoms in total. The van der Waals surface area contributed by atoms with Gasteiger partial charge in [-0.2, -0.15) is 0 Å². The lowest BCUT2D eigenvalue weighted by atomic mass is 9.97. The zero-order valence-corrected chi connectivity index (χ0v) is 11.5. The van der Waals surface area contributed by atoms with E-state index in [-0.39, 0.29) is 36.3 Å². The maximum atomic E-state index is 13.9. The van der Waals surface area contributed by atoms with Gasteiger partial charge in [-0.25, -0.2) is 13.6 Å². The van der Waals surface area contributed by atoms with Gasteiger partial charge in [0.2, 0.25) is 6.79 Å². The minimum atomic E-state index is -3.49. The number of nitro benzene ring substituents is 1. The van der Waals surface area contributed by atoms with E-state index >= 15 is 0 Å². The fourth-order valence-corrected chi connectivity index (χ4v) is 2.15. The molecule has 0 aromatic heterocycles. The van der Waals surface area contributed by atoms with Crippen LogP contribution in [-0.4, -0.2) is 30.3 Å². The highest BCUT2D eigenvalue weighted by atomic mass is 35.5. The Hall–Kier alpha value is -2.36. The molecule has 0 radical (unpaired) electrons. The van der Waals surface area contributed by atoms with Crippen LogP contribution in [0.5, 0.6) is 11.5 Å². The van der Waals surface area contributed by atoms with Gasteiger partial charge in [0, 0.05) is 0 Å². The van der Waals surface area contributed by atoms with Gasteiger partial charge in [-0.15, -0.1) is 12.4 Å². The number of cyclic esters (lactones) is 1. The monoisotopic (exact) mass is 338 g/mol. The number of halogens is 3. The molecule has 11 heteroatoms. The van der Waals surface area contributed by atoms with Crippen molar-refractivity contribution >= 4 is 24.2 Å². The topological polar surface area (TPSA) is 99.9 Å². The number of nitrogens with zero attached hydrogens (tertiary/aromatic N) is 1. The highest BCUT2D eigenvalue weighted by Gasteiger charge is 2.49. The van der Waals surface area contributed by atoms with E-state index in [1.54, 1.807) is 0 Å². The average molecular weight is 339 g/mol. The molecule has 0 aliphatic carbocycles. The molecule has 0 bridgehead atoms. The molecule has 1 saturated heterocycles. The fraction of sp³-hybridized carbons (Fsp3) is 0.364. The molecule has 0 saturated carbocycles. The van der Waals surface area contributed by atoms with Gasteiger partial charge in [0.15, 0.2) is 18.1 Å². The van der Waals surface area contributed by atoms with E-state index in [4.69, 9.17) is 9.47 Å². The second-order valence-corrected chi connectivity index (χ2v) is 4.44. The minimum absolute atomic E-state index is 0. The number of carbonyl (C=O) groups is 1. The number of nitro groups is 1. The number of fused-ring (bicyclic) bond motifs is 1. The Bertz CT molecular complexity index is 641. The summed E-state index contributed by atoms with van der Waals surface area (Å²) in [6, 6.07) is 0.189. The number of alkyl halides is 2. The van der Waals surface area contributed by atoms with Crippen LogP contribution >= 0.6 is 12.4 Å². The van der Waals surface area contributed by atoms with Crippen LogP contribution in [-0.2, 0) is 4.74 Å². The Morgan fingerprint density at radius 1 is 1.27 bits per heavy atom. The lowest BCUT2D eigenvalue weighted by molar-refractivity contribution is -0.386. The summed E-state index contributed by atoms with van der Waals surface area (Å²) in [5, 5.41) is 13.0. The van der Waals surface area contributed by atoms with Crippen LogP contribution in [0.25, 0.3) is 0 Å². The number of alkyl carbamates (subject to hydrolysis) is 1. The zero-order valence-electron chi connectivity index (χ0n) is 10.7. The molecule has 0 spiro atoms. The van der Waals surface area contributed by atoms with E-state index in [0.717, 1.165) is 12.1 Å². The Labute approximate surface area is 127 Å². The summed E-state index contributed by atoms with van der Waals surface area (Å²) in [6.45, 7) is -1.32. The Balaban J connectivity index is 0.00000176. The molecule has 1 aromatic carbocycles. The summed E-state index contributed by atoms with van der Waals surface area (Å²) < 4.78 is 42.0. The molecule has 2 aliphatic heterocycles. The molecule has 1 amide bonds. The van der Waals surface area contributed by atoms with Gasteiger partial charge >= 0.3 is 12.0 Å². The van der Waals surface area contributed by atoms with Crippen molar-refractivity contribution in [3.63, 3.8) is 0 Å². The van der Waals surface area contributed by atoms with Gasteiger partial charge in [0.05, 0.1) is 16.6 Å². The summed E-state index contributed by atoms with van der Waals surface area (Å²) in [7, 11) is 0. The number of amides is 1. The molecular weight excluding hydrogens is 330 g/mol. The van der Waals surface area contributed by atoms with Crippen LogP contribution < -0.4 is 14.8 Å². The second kappa shape index (κ2) is 5.44. The molecule has 22 heavy (non-hydrogen) atoms. The number of hydrogen-bond donors (Lipinski definition) is 1. The molecule has 1 fully saturated rings. The molecular formula is C11H9ClF2N2O6. The van der Waals surface area contributed by atoms with Crippen LogP contribution in [0.2, 0.25) is 0 Å². The van der Waals surface area contributed by atoms with Crippen LogP contribution in [0, 0.1) is 10.1 Å². The highest BCUT2D eigenvalue weighted by molar-refractivity contribution is 5.85. The van der Waals surface area contributed by atoms with Crippen LogP contribution in [0.3, 0.4) is 0 Å². The van der Waals surface area contributed by atoms with Crippen molar-refractivity contribution in [2.75, 3.05) is 13.4 Å². The van der Waals surface area contributed by atoms with Gasteiger partial charge < -0.3 is 19.5 Å². The number of nitrogens with one attached hydrogen (secondary N) is 1. The van der Waals surface area contributed by atoms with Crippen molar-refractivity contribution in [2.45, 2.75) is 12.0 Å². The lowest BCUT2D eigenvalue weighted by Crippen LogP contribution is -2.49. The van der Waals surface area contributed by atoms with E-state index in [0.29, 0.717) is 0 Å². The number of rotatable bonds is 2. The first kappa shape index (κ1) is 16.0. The molecule has 3 rings (SSSR count). The predicted octanol–water partition coefficient (Wildman–Crippen LogP) is 2.16. The maximum absolute atomic E-state index is 13.9. The summed E-state index contributed by atoms with van der Waals surface area (Å²) in [6.07, 6.45) is -1.07. The molecule has 1 N–H and O–H groups in total. The van der Waals surface area contributed by atoms with Gasteiger partial charge in [0.25, 0.3) is 5.69 Å². The van der Waals surface area contributed by atoms with E-state index in [1.165, 1.54) is 0 Å². The number of ether oxygens (including phenoxy) is 3. The quantitative estimate of drug-likeness (QED) is 0.655. The van der Waals surface area contributed by atoms with E-state index < -0.39 is 35.3 Å². The molecule has 2 heterocycles. The first-order valence-corrected chi connectivity index (χ1v) is 5.77. The molecule has 120 valence electrons. The second-order valence-electron chi connectivity index (χ2n) is 4.44. The van der Waals surface area contributed by atoms with Crippen molar-refractivity contribution in [1.82, 2.24) is 5.32 Å². The lowest BCUT2D eigenvalue weighted by Gasteiger charge is -2.31. The summed E-state index contributed by atoms with van der Waals surface area (Å²) in [5.41, 5.74) is -0.961. The average Bonchev–Trinajstić information content (AvgIpc) is 2.87. The standard InChI is InChI=1S/C11H8F2N2O6.ClH/c12-11(13)3-19-10(16)14-9(11)5-1-7-8(21-4-20-7)2-6(5)15(17)18;/h1-2,9H,3-4H2,(H,14,16);1H/t9-;/m0./s1. The SMILES string of the molecule is Cl.O=C1N[C@@H](c2cc3c(cc2[N+](=O)[O-])OCO3)C(F)(F)CO1. The van der Waals surface area contributed by atoms with Gasteiger partial charge in [-0.1, -0.05) is 0 Å². The minimum Gasteiger partial charge on any atom is -0.454 e. The Kier molecular flexibility index (Phi) is 3.96. The zero-order chi connectivity index (χ0) is 15.2. The first-order chi connectivity index (χ1) is 9.88. The fourth-order valence-electron chi connectivity index (χ4n) is 2.15. The number of benzene rings is 1. The third-order valence-corrected chi connectivity index (χ3v) is 3.11. The van der Waals surface area contributed by atoms with Crippen LogP contribution in [0.15, 0.2) is 12.1 Å². The first-order valence-electron chi connectivity index (χ1n) is 5.77. The Morgan fingerprint density at radius 3 is 2.55 bits per heavy atom. The molecule has 1 aromatic rings. The van der Waals surface area contributed by atoms with E-state index in [9.17, 15) is 23.7 Å². The number of carbonyl (C=O) groups excluding carboxylic acids is 1. The van der Waals surface area contributed by atoms with Crippen molar-refractivity contribution < 1.29 is 32.7 Å². The largest absolute Gasteiger partial charge is 0.454 e. The van der Waals surface area contributed by atoms with Crippen molar-refractivity contribution in [3.8, 4) is 11.5 Å². The maximum Gasteiger partial charge on any atom is 0.408 e. The number of hydrogen-bond acceptors (Lipinski definition) is 6. The summed E-state index contributed by atoms with van der Waals surface area (Å²) in [5.74, 6) is -3.30. The normalized spacial score (nSPS) is 21.4. The van der Waals surface area contributed by atoms with Gasteiger partial charge in [0.1, 0.15) is 6.04 Å². The Morgan fingerprint density at radius 2 is 1.91 bits per heavy atom. The summed E-state index contributed by atoms with van der Waals surface area (Å²) >= 11 is 0. The summed E-state index contributed by atoms with van der Waals surface area (Å²) in [4.78, 5) is 21.4. The van der Waals surface area contributed by atoms with Gasteiger partial charge in [-0.3, -0.25) is 10.1 Å². The third-order valence-electron chi connectivity index (χ3n) is 3.11. The van der Waals surface area contributed by atoms with Crippen molar-refractivity contribution in [3.05, 3.63) is 27.8 Å². The molecule has 1 atom stereocenters. The van der Waals surface area contributed by atoms with Gasteiger partial charge in [-0.05, 0) is 6.07 Å².